The number of methoxy groups -OCH3 is 1. The van der Waals surface area contributed by atoms with Crippen LogP contribution in [-0.2, 0) is 4.74 Å². The second kappa shape index (κ2) is 12.0. The number of carbonyl (C=O) groups is 1. The fourth-order valence-corrected chi connectivity index (χ4v) is 6.63. The predicted octanol–water partition coefficient (Wildman–Crippen LogP) is 6.55. The van der Waals surface area contributed by atoms with Gasteiger partial charge in [0.1, 0.15) is 22.9 Å². The molecule has 2 aromatic heterocycles. The van der Waals surface area contributed by atoms with E-state index < -0.39 is 11.2 Å². The number of halogens is 2. The van der Waals surface area contributed by atoms with Crippen LogP contribution >= 0.6 is 23.2 Å². The number of para-hydroxylation sites is 1. The van der Waals surface area contributed by atoms with Gasteiger partial charge in [0, 0.05) is 55.7 Å². The first-order chi connectivity index (χ1) is 21.9. The van der Waals surface area contributed by atoms with E-state index in [1.165, 1.54) is 17.0 Å². The van der Waals surface area contributed by atoms with E-state index in [4.69, 9.17) is 32.7 Å². The number of hydrogen-bond donors (Lipinski definition) is 1. The minimum absolute atomic E-state index is 0.126. The molecule has 0 saturated carbocycles. The molecule has 2 saturated heterocycles. The molecule has 11 nitrogen and oxygen atoms in total. The first-order valence-corrected chi connectivity index (χ1v) is 15.6. The smallest absolute Gasteiger partial charge is 0.410 e. The summed E-state index contributed by atoms with van der Waals surface area (Å²) in [7, 11) is 1.63. The monoisotopic (exact) mass is 661 g/mol. The fourth-order valence-electron chi connectivity index (χ4n) is 6.05. The molecule has 46 heavy (non-hydrogen) atoms. The number of carbonyl (C=O) groups excluding carboxylic acids is 1. The van der Waals surface area contributed by atoms with Gasteiger partial charge in [-0.25, -0.2) is 14.8 Å². The highest BCUT2D eigenvalue weighted by Crippen LogP contribution is 2.43. The highest BCUT2D eigenvalue weighted by molar-refractivity contribution is 6.37. The number of nitriles is 1. The van der Waals surface area contributed by atoms with E-state index in [9.17, 15) is 14.9 Å². The summed E-state index contributed by atoms with van der Waals surface area (Å²) in [6, 6.07) is 12.8. The van der Waals surface area contributed by atoms with E-state index in [2.05, 4.69) is 26.3 Å². The Morgan fingerprint density at radius 1 is 1.11 bits per heavy atom. The van der Waals surface area contributed by atoms with Crippen molar-refractivity contribution >= 4 is 57.5 Å². The van der Waals surface area contributed by atoms with Gasteiger partial charge in [-0.2, -0.15) is 5.26 Å². The summed E-state index contributed by atoms with van der Waals surface area (Å²) in [5.74, 6) is 0.897. The Labute approximate surface area is 276 Å². The van der Waals surface area contributed by atoms with Crippen molar-refractivity contribution in [1.29, 1.82) is 5.26 Å². The molecule has 13 heteroatoms. The molecule has 0 aliphatic carbocycles. The van der Waals surface area contributed by atoms with Gasteiger partial charge < -0.3 is 24.6 Å². The first kappa shape index (κ1) is 31.5. The molecule has 4 heterocycles. The highest BCUT2D eigenvalue weighted by atomic mass is 35.5. The van der Waals surface area contributed by atoms with Crippen LogP contribution in [0, 0.1) is 16.7 Å². The molecule has 0 bridgehead atoms. The Balaban J connectivity index is 1.18. The number of anilines is 3. The van der Waals surface area contributed by atoms with Gasteiger partial charge >= 0.3 is 6.09 Å². The van der Waals surface area contributed by atoms with Crippen LogP contribution in [0.3, 0.4) is 0 Å². The predicted molar refractivity (Wildman–Crippen MR) is 178 cm³/mol. The Morgan fingerprint density at radius 2 is 1.80 bits per heavy atom. The van der Waals surface area contributed by atoms with E-state index in [-0.39, 0.29) is 49.7 Å². The lowest BCUT2D eigenvalue weighted by Gasteiger charge is -2.54. The molecule has 0 unspecified atom stereocenters. The molecule has 238 valence electrons. The summed E-state index contributed by atoms with van der Waals surface area (Å²) in [6.45, 7) is 8.76. The van der Waals surface area contributed by atoms with Crippen LogP contribution in [0.4, 0.5) is 22.1 Å². The van der Waals surface area contributed by atoms with Gasteiger partial charge in [-0.05, 0) is 57.9 Å². The lowest BCUT2D eigenvalue weighted by Crippen LogP contribution is -2.62. The standard InChI is InChI=1S/C33H33Cl2N7O4/c1-32(2,3)46-31(44)41-18-33(19-41)10-12-40(13-11-33)25-9-8-21(14-26(25)45-4)38-30-37-16-22-27(39-30)20(15-36)17-42(29(22)43)28-23(34)6-5-7-24(28)35/h5-9,14,16-17H,10-13,18-19H2,1-4H3,(H,37,38,39). The van der Waals surface area contributed by atoms with Crippen molar-refractivity contribution < 1.29 is 14.3 Å². The van der Waals surface area contributed by atoms with Crippen molar-refractivity contribution in [3.63, 3.8) is 0 Å². The summed E-state index contributed by atoms with van der Waals surface area (Å²) in [5, 5.41) is 13.8. The van der Waals surface area contributed by atoms with Crippen molar-refractivity contribution in [2.75, 3.05) is 43.5 Å². The van der Waals surface area contributed by atoms with Crippen LogP contribution in [-0.4, -0.2) is 64.4 Å². The lowest BCUT2D eigenvalue weighted by molar-refractivity contribution is -0.0434. The maximum Gasteiger partial charge on any atom is 0.410 e. The zero-order chi connectivity index (χ0) is 32.8. The number of likely N-dealkylation sites (tertiary alicyclic amines) is 1. The Bertz CT molecular complexity index is 1910. The number of nitrogens with one attached hydrogen (secondary N) is 1. The Kier molecular flexibility index (Phi) is 8.21. The third kappa shape index (κ3) is 6.02. The Morgan fingerprint density at radius 3 is 2.43 bits per heavy atom. The number of aromatic nitrogens is 3. The first-order valence-electron chi connectivity index (χ1n) is 14.9. The number of rotatable bonds is 5. The zero-order valence-electron chi connectivity index (χ0n) is 25.9. The average molecular weight is 663 g/mol. The molecular formula is C33H33Cl2N7O4. The maximum atomic E-state index is 13.4. The fraction of sp³-hybridized carbons (Fsp3) is 0.364. The molecule has 2 fully saturated rings. The number of hydrogen-bond acceptors (Lipinski definition) is 9. The topological polar surface area (TPSA) is 126 Å². The van der Waals surface area contributed by atoms with Gasteiger partial charge in [-0.3, -0.25) is 9.36 Å². The summed E-state index contributed by atoms with van der Waals surface area (Å²) < 4.78 is 12.5. The molecule has 1 amide bonds. The summed E-state index contributed by atoms with van der Waals surface area (Å²) in [6.07, 6.45) is 4.45. The van der Waals surface area contributed by atoms with Crippen molar-refractivity contribution in [2.45, 2.75) is 39.2 Å². The number of piperidine rings is 1. The normalized spacial score (nSPS) is 15.8. The lowest BCUT2D eigenvalue weighted by atomic mass is 9.72. The van der Waals surface area contributed by atoms with E-state index in [1.54, 1.807) is 30.2 Å². The van der Waals surface area contributed by atoms with Gasteiger partial charge in [0.25, 0.3) is 5.56 Å². The molecule has 1 spiro atoms. The van der Waals surface area contributed by atoms with Gasteiger partial charge in [0.2, 0.25) is 5.95 Å². The van der Waals surface area contributed by atoms with Crippen LogP contribution in [0.25, 0.3) is 16.6 Å². The largest absolute Gasteiger partial charge is 0.495 e. The summed E-state index contributed by atoms with van der Waals surface area (Å²) in [5.41, 5.74) is 1.46. The number of fused-ring (bicyclic) bond motifs is 1. The molecule has 4 aromatic rings. The van der Waals surface area contributed by atoms with Crippen LogP contribution < -0.4 is 20.5 Å². The van der Waals surface area contributed by atoms with Crippen LogP contribution in [0.15, 0.2) is 53.6 Å². The van der Waals surface area contributed by atoms with Gasteiger partial charge in [-0.15, -0.1) is 0 Å². The second-order valence-corrected chi connectivity index (χ2v) is 13.5. The van der Waals surface area contributed by atoms with E-state index in [1.807, 2.05) is 39.0 Å². The minimum Gasteiger partial charge on any atom is -0.495 e. The molecule has 2 aliphatic rings. The summed E-state index contributed by atoms with van der Waals surface area (Å²) >= 11 is 12.7. The number of pyridine rings is 1. The molecular weight excluding hydrogens is 629 g/mol. The molecule has 6 rings (SSSR count). The van der Waals surface area contributed by atoms with Gasteiger partial charge in [0.15, 0.2) is 0 Å². The quantitative estimate of drug-likeness (QED) is 0.253. The average Bonchev–Trinajstić information content (AvgIpc) is 3.00. The maximum absolute atomic E-state index is 13.4. The number of ether oxygens (including phenoxy) is 2. The molecule has 0 radical (unpaired) electrons. The third-order valence-electron chi connectivity index (χ3n) is 8.36. The number of nitrogens with zero attached hydrogens (tertiary/aromatic N) is 6. The second-order valence-electron chi connectivity index (χ2n) is 12.7. The molecule has 1 N–H and O–H groups in total. The van der Waals surface area contributed by atoms with Crippen molar-refractivity contribution in [3.05, 3.63) is 74.8 Å². The number of benzene rings is 2. The van der Waals surface area contributed by atoms with E-state index in [0.717, 1.165) is 44.7 Å². The van der Waals surface area contributed by atoms with Crippen LogP contribution in [0.5, 0.6) is 5.75 Å². The molecule has 2 aromatic carbocycles. The molecule has 0 atom stereocenters. The van der Waals surface area contributed by atoms with Crippen LogP contribution in [0.2, 0.25) is 10.0 Å². The SMILES string of the molecule is COc1cc(Nc2ncc3c(=O)n(-c4c(Cl)cccc4Cl)cc(C#N)c3n2)ccc1N1CCC2(CC1)CN(C(=O)OC(C)(C)C)C2. The third-order valence-corrected chi connectivity index (χ3v) is 8.97. The summed E-state index contributed by atoms with van der Waals surface area (Å²) in [4.78, 5) is 38.8. The van der Waals surface area contributed by atoms with E-state index in [0.29, 0.717) is 11.4 Å². The van der Waals surface area contributed by atoms with Crippen molar-refractivity contribution in [3.8, 4) is 17.5 Å². The van der Waals surface area contributed by atoms with Crippen molar-refractivity contribution in [2.24, 2.45) is 5.41 Å². The zero-order valence-corrected chi connectivity index (χ0v) is 27.4. The van der Waals surface area contributed by atoms with E-state index >= 15 is 0 Å². The molecule has 2 aliphatic heterocycles. The highest BCUT2D eigenvalue weighted by Gasteiger charge is 2.48. The van der Waals surface area contributed by atoms with Gasteiger partial charge in [0.05, 0.1) is 39.5 Å². The minimum atomic E-state index is -0.503. The van der Waals surface area contributed by atoms with Crippen molar-refractivity contribution in [1.82, 2.24) is 19.4 Å². The Hall–Kier alpha value is -4.53. The number of amides is 1. The van der Waals surface area contributed by atoms with Gasteiger partial charge in [-0.1, -0.05) is 29.3 Å². The van der Waals surface area contributed by atoms with Crippen LogP contribution in [0.1, 0.15) is 39.2 Å².